The Morgan fingerprint density at radius 2 is 0.515 bits per heavy atom. The number of hydrogen-bond acceptors (Lipinski definition) is 0. The molecule has 160 valence electrons. The summed E-state index contributed by atoms with van der Waals surface area (Å²) in [7, 11) is -4.89. The van der Waals surface area contributed by atoms with Crippen LogP contribution in [0.5, 0.6) is 0 Å². The topological polar surface area (TPSA) is 0 Å². The van der Waals surface area contributed by atoms with Gasteiger partial charge in [0, 0.05) is 0 Å². The molecule has 0 amide bonds. The first-order chi connectivity index (χ1) is 16.3. The molecule has 0 bridgehead atoms. The molecule has 0 spiro atoms. The van der Waals surface area contributed by atoms with E-state index in [2.05, 4.69) is 158 Å². The Kier molecular flexibility index (Phi) is 5.95. The fraction of sp³-hybridized carbons (Fsp3) is 0.0323. The standard InChI is InChI=1S/C31H28Si2/c1-32(27-17-7-2-8-18-27,28-19-9-3-10-20-28)33(29-21-11-4-12-22-29,30-23-13-5-14-24-30)31-25-15-6-16-26-31/h2-26H,1H3. The Hall–Kier alpha value is -3.47. The third kappa shape index (κ3) is 3.52. The van der Waals surface area contributed by atoms with E-state index in [1.807, 2.05) is 0 Å². The van der Waals surface area contributed by atoms with Crippen LogP contribution in [-0.2, 0) is 0 Å². The molecule has 2 heteroatoms. The molecule has 0 radical (unpaired) electrons. The molecule has 0 aromatic heterocycles. The molecule has 0 N–H and O–H groups in total. The summed E-state index contributed by atoms with van der Waals surface area (Å²) in [6.07, 6.45) is 0. The summed E-state index contributed by atoms with van der Waals surface area (Å²) in [5, 5.41) is 7.40. The smallest absolute Gasteiger partial charge is 0.0628 e. The molecule has 0 aliphatic carbocycles. The molecule has 5 rings (SSSR count). The lowest BCUT2D eigenvalue weighted by Crippen LogP contribution is -2.89. The lowest BCUT2D eigenvalue weighted by molar-refractivity contribution is 1.67. The van der Waals surface area contributed by atoms with Gasteiger partial charge in [-0.1, -0.05) is 184 Å². The van der Waals surface area contributed by atoms with E-state index >= 15 is 0 Å². The largest absolute Gasteiger partial charge is 0.149 e. The molecule has 0 fully saturated rings. The Morgan fingerprint density at radius 1 is 0.303 bits per heavy atom. The van der Waals surface area contributed by atoms with Crippen LogP contribution in [0.2, 0.25) is 6.55 Å². The average Bonchev–Trinajstić information content (AvgIpc) is 2.92. The van der Waals surface area contributed by atoms with Crippen molar-refractivity contribution in [3.8, 4) is 0 Å². The summed E-state index contributed by atoms with van der Waals surface area (Å²) < 4.78 is 0. The Bertz CT molecular complexity index is 1150. The monoisotopic (exact) mass is 456 g/mol. The summed E-state index contributed by atoms with van der Waals surface area (Å²) in [4.78, 5) is 0. The molecular formula is C31H28Si2. The van der Waals surface area contributed by atoms with E-state index in [4.69, 9.17) is 0 Å². The molecule has 0 nitrogen and oxygen atoms in total. The van der Waals surface area contributed by atoms with Crippen LogP contribution in [0, 0.1) is 0 Å². The zero-order valence-corrected chi connectivity index (χ0v) is 20.9. The van der Waals surface area contributed by atoms with E-state index in [-0.39, 0.29) is 0 Å². The Balaban J connectivity index is 2.01. The van der Waals surface area contributed by atoms with E-state index in [1.54, 1.807) is 0 Å². The van der Waals surface area contributed by atoms with Crippen molar-refractivity contribution in [2.24, 2.45) is 0 Å². The highest BCUT2D eigenvalue weighted by Crippen LogP contribution is 2.22. The van der Waals surface area contributed by atoms with Gasteiger partial charge in [-0.05, 0) is 0 Å². The molecule has 0 aliphatic heterocycles. The fourth-order valence-electron chi connectivity index (χ4n) is 5.57. The van der Waals surface area contributed by atoms with Gasteiger partial charge in [0.25, 0.3) is 0 Å². The van der Waals surface area contributed by atoms with E-state index in [0.717, 1.165) is 0 Å². The normalized spacial score (nSPS) is 11.8. The van der Waals surface area contributed by atoms with Crippen molar-refractivity contribution >= 4 is 41.1 Å². The van der Waals surface area contributed by atoms with Crippen molar-refractivity contribution in [2.45, 2.75) is 6.55 Å². The highest BCUT2D eigenvalue weighted by atomic mass is 29.3. The predicted molar refractivity (Wildman–Crippen MR) is 148 cm³/mol. The van der Waals surface area contributed by atoms with Gasteiger partial charge in [-0.2, -0.15) is 0 Å². The SMILES string of the molecule is C[Si](c1ccccc1)(c1ccccc1)[Si](c1ccccc1)(c1ccccc1)c1ccccc1. The summed E-state index contributed by atoms with van der Waals surface area (Å²) >= 11 is 0. The molecule has 0 unspecified atom stereocenters. The maximum atomic E-state index is 2.61. The van der Waals surface area contributed by atoms with Crippen molar-refractivity contribution in [3.63, 3.8) is 0 Å². The summed E-state index contributed by atoms with van der Waals surface area (Å²) in [5.41, 5.74) is 0. The second-order valence-corrected chi connectivity index (χ2v) is 20.6. The van der Waals surface area contributed by atoms with Gasteiger partial charge in [-0.3, -0.25) is 0 Å². The third-order valence-electron chi connectivity index (χ3n) is 7.07. The van der Waals surface area contributed by atoms with Gasteiger partial charge in [0.2, 0.25) is 0 Å². The Labute approximate surface area is 199 Å². The minimum Gasteiger partial charge on any atom is -0.0628 e. The van der Waals surface area contributed by atoms with Crippen molar-refractivity contribution in [3.05, 3.63) is 152 Å². The quantitative estimate of drug-likeness (QED) is 0.266. The highest BCUT2D eigenvalue weighted by molar-refractivity contribution is 7.63. The van der Waals surface area contributed by atoms with Crippen LogP contribution in [0.3, 0.4) is 0 Å². The van der Waals surface area contributed by atoms with Gasteiger partial charge in [0.05, 0.1) is 0 Å². The minimum atomic E-state index is -2.52. The molecule has 0 saturated carbocycles. The van der Waals surface area contributed by atoms with Crippen LogP contribution in [0.25, 0.3) is 0 Å². The van der Waals surface area contributed by atoms with Gasteiger partial charge in [0.1, 0.15) is 15.2 Å². The summed E-state index contributed by atoms with van der Waals surface area (Å²) in [6, 6.07) is 56.6. The van der Waals surface area contributed by atoms with Crippen LogP contribution in [0.15, 0.2) is 152 Å². The van der Waals surface area contributed by atoms with Crippen molar-refractivity contribution < 1.29 is 0 Å². The molecular weight excluding hydrogens is 429 g/mol. The maximum absolute atomic E-state index is 2.61. The summed E-state index contributed by atoms with van der Waals surface area (Å²) in [6.45, 7) is 2.61. The fourth-order valence-corrected chi connectivity index (χ4v) is 23.6. The van der Waals surface area contributed by atoms with Gasteiger partial charge >= 0.3 is 0 Å². The molecule has 0 saturated heterocycles. The van der Waals surface area contributed by atoms with Gasteiger partial charge in [-0.15, -0.1) is 0 Å². The van der Waals surface area contributed by atoms with E-state index in [0.29, 0.717) is 0 Å². The summed E-state index contributed by atoms with van der Waals surface area (Å²) in [5.74, 6) is 0. The van der Waals surface area contributed by atoms with Crippen LogP contribution < -0.4 is 25.9 Å². The number of benzene rings is 5. The molecule has 5 aromatic carbocycles. The van der Waals surface area contributed by atoms with E-state index < -0.39 is 15.2 Å². The number of rotatable bonds is 6. The van der Waals surface area contributed by atoms with Crippen molar-refractivity contribution in [1.29, 1.82) is 0 Å². The first-order valence-electron chi connectivity index (χ1n) is 11.6. The van der Waals surface area contributed by atoms with Crippen molar-refractivity contribution in [1.82, 2.24) is 0 Å². The molecule has 5 aromatic rings. The molecule has 0 aliphatic rings. The average molecular weight is 457 g/mol. The molecule has 33 heavy (non-hydrogen) atoms. The van der Waals surface area contributed by atoms with Crippen LogP contribution in [0.4, 0.5) is 0 Å². The van der Waals surface area contributed by atoms with Crippen LogP contribution >= 0.6 is 0 Å². The first kappa shape index (κ1) is 21.4. The minimum absolute atomic E-state index is 1.48. The van der Waals surface area contributed by atoms with Crippen LogP contribution in [0.1, 0.15) is 0 Å². The molecule has 0 heterocycles. The van der Waals surface area contributed by atoms with Gasteiger partial charge in [-0.25, -0.2) is 0 Å². The van der Waals surface area contributed by atoms with Gasteiger partial charge < -0.3 is 0 Å². The van der Waals surface area contributed by atoms with E-state index in [1.165, 1.54) is 25.9 Å². The second-order valence-electron chi connectivity index (χ2n) is 8.71. The first-order valence-corrected chi connectivity index (χ1v) is 17.1. The number of hydrogen-bond donors (Lipinski definition) is 0. The van der Waals surface area contributed by atoms with Gasteiger partial charge in [0.15, 0.2) is 0 Å². The zero-order valence-electron chi connectivity index (χ0n) is 18.9. The maximum Gasteiger partial charge on any atom is 0.149 e. The lowest BCUT2D eigenvalue weighted by Gasteiger charge is -2.48. The second kappa shape index (κ2) is 9.18. The third-order valence-corrected chi connectivity index (χ3v) is 24.0. The lowest BCUT2D eigenvalue weighted by atomic mass is 10.3. The van der Waals surface area contributed by atoms with E-state index in [9.17, 15) is 0 Å². The molecule has 0 atom stereocenters. The highest BCUT2D eigenvalue weighted by Gasteiger charge is 2.57. The van der Waals surface area contributed by atoms with Crippen LogP contribution in [-0.4, -0.2) is 15.2 Å². The predicted octanol–water partition coefficient (Wildman–Crippen LogP) is 4.13. The zero-order chi connectivity index (χ0) is 22.6. The Morgan fingerprint density at radius 3 is 0.758 bits per heavy atom. The van der Waals surface area contributed by atoms with Crippen molar-refractivity contribution in [2.75, 3.05) is 0 Å².